The number of benzene rings is 2. The van der Waals surface area contributed by atoms with E-state index in [9.17, 15) is 18.4 Å². The molecule has 2 aromatic carbocycles. The van der Waals surface area contributed by atoms with Crippen LogP contribution < -0.4 is 19.5 Å². The molecule has 0 saturated heterocycles. The number of amides is 1. The molecule has 26 heavy (non-hydrogen) atoms. The van der Waals surface area contributed by atoms with Crippen LogP contribution in [-0.4, -0.2) is 32.0 Å². The van der Waals surface area contributed by atoms with Crippen LogP contribution in [0.2, 0.25) is 0 Å². The van der Waals surface area contributed by atoms with Crippen molar-refractivity contribution in [1.29, 1.82) is 0 Å². The fourth-order valence-corrected chi connectivity index (χ4v) is 2.09. The maximum absolute atomic E-state index is 12.4. The number of methoxy groups -OCH3 is 1. The van der Waals surface area contributed by atoms with Crippen LogP contribution in [-0.2, 0) is 4.79 Å². The van der Waals surface area contributed by atoms with E-state index in [1.54, 1.807) is 18.2 Å². The van der Waals surface area contributed by atoms with E-state index in [4.69, 9.17) is 9.47 Å². The predicted molar refractivity (Wildman–Crippen MR) is 90.2 cm³/mol. The summed E-state index contributed by atoms with van der Waals surface area (Å²) in [6, 6.07) is 10.5. The molecule has 0 aromatic heterocycles. The molecule has 2 aromatic rings. The summed E-state index contributed by atoms with van der Waals surface area (Å²) < 4.78 is 39.4. The quantitative estimate of drug-likeness (QED) is 0.725. The van der Waals surface area contributed by atoms with E-state index in [1.165, 1.54) is 38.3 Å². The van der Waals surface area contributed by atoms with Crippen LogP contribution in [0.3, 0.4) is 0 Å². The fraction of sp³-hybridized carbons (Fsp3) is 0.222. The maximum Gasteiger partial charge on any atom is 0.387 e. The molecule has 2 rings (SSSR count). The van der Waals surface area contributed by atoms with E-state index in [0.29, 0.717) is 11.3 Å². The zero-order chi connectivity index (χ0) is 19.1. The Bertz CT molecular complexity index is 795. The summed E-state index contributed by atoms with van der Waals surface area (Å²) in [5, 5.41) is 2.50. The highest BCUT2D eigenvalue weighted by atomic mass is 19.3. The predicted octanol–water partition coefficient (Wildman–Crippen LogP) is 3.52. The van der Waals surface area contributed by atoms with Gasteiger partial charge in [-0.05, 0) is 31.2 Å². The maximum atomic E-state index is 12.4. The van der Waals surface area contributed by atoms with Gasteiger partial charge in [0.05, 0.1) is 7.11 Å². The summed E-state index contributed by atoms with van der Waals surface area (Å²) in [5.41, 5.74) is 0.708. The lowest BCUT2D eigenvalue weighted by molar-refractivity contribution is -0.118. The normalized spacial score (nSPS) is 10.3. The van der Waals surface area contributed by atoms with Crippen LogP contribution in [0.4, 0.5) is 14.5 Å². The van der Waals surface area contributed by atoms with E-state index in [-0.39, 0.29) is 29.6 Å². The van der Waals surface area contributed by atoms with Crippen molar-refractivity contribution in [3.63, 3.8) is 0 Å². The minimum Gasteiger partial charge on any atom is -0.493 e. The van der Waals surface area contributed by atoms with Crippen LogP contribution in [0.15, 0.2) is 42.5 Å². The molecule has 0 heterocycles. The van der Waals surface area contributed by atoms with Gasteiger partial charge in [-0.15, -0.1) is 0 Å². The summed E-state index contributed by atoms with van der Waals surface area (Å²) in [6.45, 7) is -1.92. The van der Waals surface area contributed by atoms with Crippen molar-refractivity contribution in [3.8, 4) is 17.2 Å². The molecule has 0 saturated carbocycles. The molecule has 8 heteroatoms. The van der Waals surface area contributed by atoms with Crippen molar-refractivity contribution in [2.24, 2.45) is 0 Å². The van der Waals surface area contributed by atoms with Crippen molar-refractivity contribution in [2.75, 3.05) is 19.0 Å². The van der Waals surface area contributed by atoms with Gasteiger partial charge in [-0.1, -0.05) is 12.1 Å². The summed E-state index contributed by atoms with van der Waals surface area (Å²) in [6.07, 6.45) is 0. The lowest BCUT2D eigenvalue weighted by Crippen LogP contribution is -2.20. The topological polar surface area (TPSA) is 73.9 Å². The number of anilines is 1. The first-order valence-corrected chi connectivity index (χ1v) is 7.55. The molecule has 0 spiro atoms. The molecule has 0 aliphatic rings. The van der Waals surface area contributed by atoms with Gasteiger partial charge >= 0.3 is 6.61 Å². The van der Waals surface area contributed by atoms with Gasteiger partial charge in [-0.3, -0.25) is 9.59 Å². The van der Waals surface area contributed by atoms with E-state index in [2.05, 4.69) is 10.1 Å². The Balaban J connectivity index is 1.99. The van der Waals surface area contributed by atoms with Crippen LogP contribution in [0.25, 0.3) is 0 Å². The summed E-state index contributed by atoms with van der Waals surface area (Å²) in [4.78, 5) is 23.3. The Morgan fingerprint density at radius 2 is 1.88 bits per heavy atom. The number of Topliss-reactive ketones (excluding diaryl/α,β-unsaturated/α-hetero) is 1. The third-order valence-electron chi connectivity index (χ3n) is 3.27. The molecule has 0 atom stereocenters. The molecule has 1 amide bonds. The fourth-order valence-electron chi connectivity index (χ4n) is 2.09. The van der Waals surface area contributed by atoms with Crippen molar-refractivity contribution in [3.05, 3.63) is 48.0 Å². The highest BCUT2D eigenvalue weighted by Gasteiger charge is 2.13. The minimum absolute atomic E-state index is 0.112. The highest BCUT2D eigenvalue weighted by Crippen LogP contribution is 2.31. The van der Waals surface area contributed by atoms with Gasteiger partial charge in [-0.2, -0.15) is 8.78 Å². The SMILES string of the molecule is COc1ccc(NC(=O)COc2cccc(C(C)=O)c2)cc1OC(F)F. The summed E-state index contributed by atoms with van der Waals surface area (Å²) >= 11 is 0. The average Bonchev–Trinajstić information content (AvgIpc) is 2.60. The van der Waals surface area contributed by atoms with E-state index >= 15 is 0 Å². The zero-order valence-electron chi connectivity index (χ0n) is 14.1. The Morgan fingerprint density at radius 3 is 2.54 bits per heavy atom. The summed E-state index contributed by atoms with van der Waals surface area (Å²) in [7, 11) is 1.31. The molecule has 0 fully saturated rings. The number of carbonyl (C=O) groups excluding carboxylic acids is 2. The number of nitrogens with one attached hydrogen (secondary N) is 1. The summed E-state index contributed by atoms with van der Waals surface area (Å²) in [5.74, 6) is -0.351. The second kappa shape index (κ2) is 8.80. The number of halogens is 2. The third kappa shape index (κ3) is 5.44. The molecule has 0 bridgehead atoms. The molecule has 1 N–H and O–H groups in total. The van der Waals surface area contributed by atoms with Crippen molar-refractivity contribution >= 4 is 17.4 Å². The molecular weight excluding hydrogens is 348 g/mol. The first-order chi connectivity index (χ1) is 12.4. The van der Waals surface area contributed by atoms with E-state index in [1.807, 2.05) is 0 Å². The molecule has 0 aliphatic heterocycles. The first kappa shape index (κ1) is 19.2. The second-order valence-electron chi connectivity index (χ2n) is 5.17. The number of carbonyl (C=O) groups is 2. The van der Waals surface area contributed by atoms with Gasteiger partial charge in [-0.25, -0.2) is 0 Å². The lowest BCUT2D eigenvalue weighted by atomic mass is 10.1. The third-order valence-corrected chi connectivity index (χ3v) is 3.27. The Kier molecular flexibility index (Phi) is 6.48. The number of alkyl halides is 2. The number of ketones is 1. The minimum atomic E-state index is -3.02. The van der Waals surface area contributed by atoms with E-state index in [0.717, 1.165) is 0 Å². The number of ether oxygens (including phenoxy) is 3. The van der Waals surface area contributed by atoms with Gasteiger partial charge in [0.25, 0.3) is 5.91 Å². The molecule has 0 aliphatic carbocycles. The van der Waals surface area contributed by atoms with Crippen LogP contribution >= 0.6 is 0 Å². The molecular formula is C18H17F2NO5. The smallest absolute Gasteiger partial charge is 0.387 e. The van der Waals surface area contributed by atoms with Crippen molar-refractivity contribution in [2.45, 2.75) is 13.5 Å². The lowest BCUT2D eigenvalue weighted by Gasteiger charge is -2.12. The average molecular weight is 365 g/mol. The number of hydrogen-bond acceptors (Lipinski definition) is 5. The zero-order valence-corrected chi connectivity index (χ0v) is 14.1. The van der Waals surface area contributed by atoms with Gasteiger partial charge in [0, 0.05) is 17.3 Å². The van der Waals surface area contributed by atoms with Crippen molar-refractivity contribution < 1.29 is 32.6 Å². The second-order valence-corrected chi connectivity index (χ2v) is 5.17. The van der Waals surface area contributed by atoms with Crippen LogP contribution in [0.5, 0.6) is 17.2 Å². The molecule has 6 nitrogen and oxygen atoms in total. The highest BCUT2D eigenvalue weighted by molar-refractivity contribution is 5.94. The first-order valence-electron chi connectivity index (χ1n) is 7.55. The van der Waals surface area contributed by atoms with E-state index < -0.39 is 12.5 Å². The van der Waals surface area contributed by atoms with Crippen molar-refractivity contribution in [1.82, 2.24) is 0 Å². The molecule has 0 radical (unpaired) electrons. The Labute approximate surface area is 148 Å². The molecule has 0 unspecified atom stereocenters. The van der Waals surface area contributed by atoms with Gasteiger partial charge in [0.15, 0.2) is 23.9 Å². The molecule has 138 valence electrons. The van der Waals surface area contributed by atoms with Crippen LogP contribution in [0, 0.1) is 0 Å². The van der Waals surface area contributed by atoms with Gasteiger partial charge < -0.3 is 19.5 Å². The number of rotatable bonds is 8. The Hall–Kier alpha value is -3.16. The Morgan fingerprint density at radius 1 is 1.12 bits per heavy atom. The standard InChI is InChI=1S/C18H17F2NO5/c1-11(22)12-4-3-5-14(8-12)25-10-17(23)21-13-6-7-15(24-2)16(9-13)26-18(19)20/h3-9,18H,10H2,1-2H3,(H,21,23). The largest absolute Gasteiger partial charge is 0.493 e. The van der Waals surface area contributed by atoms with Crippen LogP contribution in [0.1, 0.15) is 17.3 Å². The van der Waals surface area contributed by atoms with Gasteiger partial charge in [0.2, 0.25) is 0 Å². The monoisotopic (exact) mass is 365 g/mol. The van der Waals surface area contributed by atoms with Gasteiger partial charge in [0.1, 0.15) is 5.75 Å². The number of hydrogen-bond donors (Lipinski definition) is 1.